The predicted octanol–water partition coefficient (Wildman–Crippen LogP) is 1.52. The quantitative estimate of drug-likeness (QED) is 0.777. The summed E-state index contributed by atoms with van der Waals surface area (Å²) in [6, 6.07) is 4.05. The molecule has 0 aromatic carbocycles. The Morgan fingerprint density at radius 2 is 2.22 bits per heavy atom. The van der Waals surface area contributed by atoms with E-state index in [0.717, 1.165) is 25.9 Å². The second kappa shape index (κ2) is 5.56. The highest BCUT2D eigenvalue weighted by molar-refractivity contribution is 5.15. The van der Waals surface area contributed by atoms with Crippen LogP contribution in [0.4, 0.5) is 0 Å². The fourth-order valence-electron chi connectivity index (χ4n) is 2.97. The summed E-state index contributed by atoms with van der Waals surface area (Å²) in [6.07, 6.45) is 5.52. The van der Waals surface area contributed by atoms with Crippen molar-refractivity contribution in [3.63, 3.8) is 0 Å². The number of methoxy groups -OCH3 is 1. The highest BCUT2D eigenvalue weighted by Crippen LogP contribution is 2.36. The molecule has 2 fully saturated rings. The molecule has 102 valence electrons. The van der Waals surface area contributed by atoms with Gasteiger partial charge in [-0.25, -0.2) is 0 Å². The van der Waals surface area contributed by atoms with E-state index in [9.17, 15) is 5.26 Å². The van der Waals surface area contributed by atoms with Crippen LogP contribution in [-0.4, -0.2) is 49.3 Å². The molecule has 4 nitrogen and oxygen atoms in total. The lowest BCUT2D eigenvalue weighted by Crippen LogP contribution is -2.46. The smallest absolute Gasteiger partial charge is 0.108 e. The zero-order valence-corrected chi connectivity index (χ0v) is 11.8. The lowest BCUT2D eigenvalue weighted by Gasteiger charge is -2.31. The zero-order chi connectivity index (χ0) is 13.2. The van der Waals surface area contributed by atoms with E-state index in [4.69, 9.17) is 4.74 Å². The van der Waals surface area contributed by atoms with Gasteiger partial charge in [0, 0.05) is 25.2 Å². The number of rotatable bonds is 6. The third-order valence-electron chi connectivity index (χ3n) is 4.44. The van der Waals surface area contributed by atoms with Crippen molar-refractivity contribution in [3.8, 4) is 6.07 Å². The van der Waals surface area contributed by atoms with E-state index in [1.807, 2.05) is 0 Å². The van der Waals surface area contributed by atoms with E-state index in [2.05, 4.69) is 30.3 Å². The topological polar surface area (TPSA) is 48.3 Å². The first-order valence-electron chi connectivity index (χ1n) is 7.00. The molecular weight excluding hydrogens is 226 g/mol. The molecule has 0 bridgehead atoms. The van der Waals surface area contributed by atoms with Crippen LogP contribution in [0, 0.1) is 11.3 Å². The predicted molar refractivity (Wildman–Crippen MR) is 71.2 cm³/mol. The normalized spacial score (nSPS) is 33.6. The SMILES string of the molecule is COCC(C)N(C)C1CCC(C#N)(NC2CC2)C1. The van der Waals surface area contributed by atoms with E-state index >= 15 is 0 Å². The van der Waals surface area contributed by atoms with Crippen LogP contribution in [0.3, 0.4) is 0 Å². The number of likely N-dealkylation sites (N-methyl/N-ethyl adjacent to an activating group) is 1. The van der Waals surface area contributed by atoms with Crippen LogP contribution in [0.1, 0.15) is 39.0 Å². The Kier molecular flexibility index (Phi) is 4.26. The molecule has 1 N–H and O–H groups in total. The Labute approximate surface area is 110 Å². The van der Waals surface area contributed by atoms with Crippen molar-refractivity contribution in [2.75, 3.05) is 20.8 Å². The summed E-state index contributed by atoms with van der Waals surface area (Å²) >= 11 is 0. The number of hydrogen-bond acceptors (Lipinski definition) is 4. The molecule has 0 aromatic rings. The van der Waals surface area contributed by atoms with Crippen molar-refractivity contribution >= 4 is 0 Å². The van der Waals surface area contributed by atoms with Gasteiger partial charge in [0.15, 0.2) is 0 Å². The minimum Gasteiger partial charge on any atom is -0.383 e. The average Bonchev–Trinajstić information content (AvgIpc) is 3.06. The van der Waals surface area contributed by atoms with Gasteiger partial charge in [-0.1, -0.05) is 0 Å². The summed E-state index contributed by atoms with van der Waals surface area (Å²) < 4.78 is 5.21. The second-order valence-electron chi connectivity index (χ2n) is 5.98. The molecule has 4 heteroatoms. The average molecular weight is 251 g/mol. The molecule has 2 saturated carbocycles. The molecule has 0 aliphatic heterocycles. The lowest BCUT2D eigenvalue weighted by atomic mass is 9.99. The molecule has 0 saturated heterocycles. The van der Waals surface area contributed by atoms with Crippen molar-refractivity contribution < 1.29 is 4.74 Å². The molecule has 0 heterocycles. The van der Waals surface area contributed by atoms with Crippen LogP contribution in [0.2, 0.25) is 0 Å². The van der Waals surface area contributed by atoms with Gasteiger partial charge < -0.3 is 4.74 Å². The van der Waals surface area contributed by atoms with Crippen LogP contribution >= 0.6 is 0 Å². The van der Waals surface area contributed by atoms with Crippen LogP contribution in [0.25, 0.3) is 0 Å². The van der Waals surface area contributed by atoms with E-state index < -0.39 is 0 Å². The third-order valence-corrected chi connectivity index (χ3v) is 4.44. The molecule has 0 spiro atoms. The number of hydrogen-bond donors (Lipinski definition) is 1. The van der Waals surface area contributed by atoms with Gasteiger partial charge in [-0.2, -0.15) is 5.26 Å². The fraction of sp³-hybridized carbons (Fsp3) is 0.929. The molecule has 0 amide bonds. The largest absolute Gasteiger partial charge is 0.383 e. The summed E-state index contributed by atoms with van der Waals surface area (Å²) in [5.41, 5.74) is -0.271. The number of nitriles is 1. The van der Waals surface area contributed by atoms with E-state index in [0.29, 0.717) is 18.1 Å². The lowest BCUT2D eigenvalue weighted by molar-refractivity contribution is 0.0889. The minimum absolute atomic E-state index is 0.271. The Bertz CT molecular complexity index is 323. The first-order chi connectivity index (χ1) is 8.60. The van der Waals surface area contributed by atoms with Crippen LogP contribution in [0.15, 0.2) is 0 Å². The second-order valence-corrected chi connectivity index (χ2v) is 5.98. The Morgan fingerprint density at radius 3 is 2.78 bits per heavy atom. The summed E-state index contributed by atoms with van der Waals surface area (Å²) in [5.74, 6) is 0. The van der Waals surface area contributed by atoms with Crippen molar-refractivity contribution in [3.05, 3.63) is 0 Å². The van der Waals surface area contributed by atoms with Crippen molar-refractivity contribution in [1.82, 2.24) is 10.2 Å². The number of ether oxygens (including phenoxy) is 1. The number of nitrogens with zero attached hydrogens (tertiary/aromatic N) is 2. The molecule has 3 unspecified atom stereocenters. The van der Waals surface area contributed by atoms with Crippen molar-refractivity contribution in [2.45, 2.75) is 62.7 Å². The van der Waals surface area contributed by atoms with Gasteiger partial charge in [0.1, 0.15) is 5.54 Å². The van der Waals surface area contributed by atoms with Gasteiger partial charge in [0.25, 0.3) is 0 Å². The zero-order valence-electron chi connectivity index (χ0n) is 11.8. The molecule has 3 atom stereocenters. The first-order valence-corrected chi connectivity index (χ1v) is 7.00. The minimum atomic E-state index is -0.271. The van der Waals surface area contributed by atoms with Crippen LogP contribution in [0.5, 0.6) is 0 Å². The third kappa shape index (κ3) is 3.03. The maximum absolute atomic E-state index is 9.48. The van der Waals surface area contributed by atoms with Crippen molar-refractivity contribution in [1.29, 1.82) is 5.26 Å². The summed E-state index contributed by atoms with van der Waals surface area (Å²) in [4.78, 5) is 2.37. The molecule has 2 rings (SSSR count). The van der Waals surface area contributed by atoms with Gasteiger partial charge in [0.05, 0.1) is 12.7 Å². The summed E-state index contributed by atoms with van der Waals surface area (Å²) in [7, 11) is 3.89. The van der Waals surface area contributed by atoms with Gasteiger partial charge in [-0.05, 0) is 46.1 Å². The molecule has 0 radical (unpaired) electrons. The summed E-state index contributed by atoms with van der Waals surface area (Å²) in [5, 5.41) is 13.0. The fourth-order valence-corrected chi connectivity index (χ4v) is 2.97. The first kappa shape index (κ1) is 13.8. The van der Waals surface area contributed by atoms with E-state index in [1.165, 1.54) is 12.8 Å². The summed E-state index contributed by atoms with van der Waals surface area (Å²) in [6.45, 7) is 2.94. The molecule has 2 aliphatic rings. The molecule has 2 aliphatic carbocycles. The number of nitrogens with one attached hydrogen (secondary N) is 1. The molecular formula is C14H25N3O. The van der Waals surface area contributed by atoms with Gasteiger partial charge in [-0.15, -0.1) is 0 Å². The monoisotopic (exact) mass is 251 g/mol. The van der Waals surface area contributed by atoms with E-state index in [-0.39, 0.29) is 5.54 Å². The van der Waals surface area contributed by atoms with Crippen LogP contribution in [-0.2, 0) is 4.74 Å². The van der Waals surface area contributed by atoms with E-state index in [1.54, 1.807) is 7.11 Å². The van der Waals surface area contributed by atoms with Gasteiger partial charge >= 0.3 is 0 Å². The van der Waals surface area contributed by atoms with Gasteiger partial charge in [0.2, 0.25) is 0 Å². The Balaban J connectivity index is 1.91. The Hall–Kier alpha value is -0.630. The molecule has 0 aromatic heterocycles. The highest BCUT2D eigenvalue weighted by Gasteiger charge is 2.44. The van der Waals surface area contributed by atoms with Gasteiger partial charge in [-0.3, -0.25) is 10.2 Å². The van der Waals surface area contributed by atoms with Crippen molar-refractivity contribution in [2.24, 2.45) is 0 Å². The maximum atomic E-state index is 9.48. The molecule has 18 heavy (non-hydrogen) atoms. The maximum Gasteiger partial charge on any atom is 0.108 e. The van der Waals surface area contributed by atoms with Crippen LogP contribution < -0.4 is 5.32 Å². The highest BCUT2D eigenvalue weighted by atomic mass is 16.5. The Morgan fingerprint density at radius 1 is 1.50 bits per heavy atom. The standard InChI is InChI=1S/C14H25N3O/c1-11(9-18-3)17(2)13-6-7-14(8-13,10-15)16-12-4-5-12/h11-13,16H,4-9H2,1-3H3.